The highest BCUT2D eigenvalue weighted by Gasteiger charge is 2.13. The molecular weight excluding hydrogens is 210 g/mol. The van der Waals surface area contributed by atoms with Crippen LogP contribution in [-0.4, -0.2) is 11.0 Å². The highest BCUT2D eigenvalue weighted by atomic mass is 16.6. The molecule has 0 unspecified atom stereocenters. The van der Waals surface area contributed by atoms with Crippen molar-refractivity contribution in [1.82, 2.24) is 0 Å². The highest BCUT2D eigenvalue weighted by Crippen LogP contribution is 2.28. The lowest BCUT2D eigenvalue weighted by Gasteiger charge is -2.08. The summed E-state index contributed by atoms with van der Waals surface area (Å²) in [5.41, 5.74) is 0.489. The Bertz CT molecular complexity index is 530. The molecule has 0 aliphatic carbocycles. The van der Waals surface area contributed by atoms with Gasteiger partial charge in [-0.1, -0.05) is 0 Å². The van der Waals surface area contributed by atoms with Crippen LogP contribution in [0.15, 0.2) is 28.7 Å². The molecule has 1 aromatic heterocycles. The third-order valence-electron chi connectivity index (χ3n) is 2.03. The number of benzene rings is 1. The molecule has 2 rings (SSSR count). The Kier molecular flexibility index (Phi) is 2.52. The van der Waals surface area contributed by atoms with Crippen LogP contribution < -0.4 is 4.74 Å². The fraction of sp³-hybridized carbons (Fsp3) is 0.273. The molecule has 0 amide bonds. The standard InChI is InChI=1S/C11H11NO4/c1-7(2)15-9-3-4-10-8(5-9)6-11(16-10)12(13)14/h3-7H,1-2H3. The first kappa shape index (κ1) is 10.5. The monoisotopic (exact) mass is 221 g/mol. The van der Waals surface area contributed by atoms with Crippen LogP contribution in [0.25, 0.3) is 11.0 Å². The molecule has 2 aromatic rings. The topological polar surface area (TPSA) is 65.5 Å². The minimum atomic E-state index is -0.553. The summed E-state index contributed by atoms with van der Waals surface area (Å²) in [6.45, 7) is 3.84. The maximum Gasteiger partial charge on any atom is 0.434 e. The first-order chi connectivity index (χ1) is 7.56. The van der Waals surface area contributed by atoms with Gasteiger partial charge in [0.1, 0.15) is 16.3 Å². The maximum absolute atomic E-state index is 10.5. The number of rotatable bonds is 3. The molecule has 0 saturated carbocycles. The summed E-state index contributed by atoms with van der Waals surface area (Å²) in [7, 11) is 0. The van der Waals surface area contributed by atoms with E-state index in [1.807, 2.05) is 13.8 Å². The van der Waals surface area contributed by atoms with E-state index in [4.69, 9.17) is 9.15 Å². The third kappa shape index (κ3) is 1.98. The number of hydrogen-bond donors (Lipinski definition) is 0. The van der Waals surface area contributed by atoms with Crippen molar-refractivity contribution in [2.75, 3.05) is 0 Å². The molecule has 0 spiro atoms. The lowest BCUT2D eigenvalue weighted by atomic mass is 10.2. The Balaban J connectivity index is 2.41. The number of fused-ring (bicyclic) bond motifs is 1. The number of nitro groups is 1. The molecule has 0 atom stereocenters. The lowest BCUT2D eigenvalue weighted by molar-refractivity contribution is -0.401. The Morgan fingerprint density at radius 3 is 2.75 bits per heavy atom. The zero-order chi connectivity index (χ0) is 11.7. The van der Waals surface area contributed by atoms with Gasteiger partial charge in [-0.3, -0.25) is 10.1 Å². The zero-order valence-corrected chi connectivity index (χ0v) is 8.97. The molecule has 0 aliphatic heterocycles. The molecule has 1 aromatic carbocycles. The Hall–Kier alpha value is -2.04. The van der Waals surface area contributed by atoms with Crippen molar-refractivity contribution in [3.8, 4) is 5.75 Å². The lowest BCUT2D eigenvalue weighted by Crippen LogP contribution is -2.04. The molecule has 0 N–H and O–H groups in total. The zero-order valence-electron chi connectivity index (χ0n) is 8.97. The van der Waals surface area contributed by atoms with Gasteiger partial charge in [-0.15, -0.1) is 0 Å². The van der Waals surface area contributed by atoms with Crippen LogP contribution in [-0.2, 0) is 0 Å². The van der Waals surface area contributed by atoms with Crippen LogP contribution in [0.2, 0.25) is 0 Å². The van der Waals surface area contributed by atoms with E-state index < -0.39 is 4.92 Å². The molecule has 5 heteroatoms. The molecule has 84 valence electrons. The number of hydrogen-bond acceptors (Lipinski definition) is 4. The molecule has 0 aliphatic rings. The van der Waals surface area contributed by atoms with Gasteiger partial charge in [0.25, 0.3) is 0 Å². The Labute approximate surface area is 91.8 Å². The molecule has 0 fully saturated rings. The molecular formula is C11H11NO4. The maximum atomic E-state index is 10.5. The predicted molar refractivity (Wildman–Crippen MR) is 58.6 cm³/mol. The van der Waals surface area contributed by atoms with Gasteiger partial charge in [-0.25, -0.2) is 0 Å². The summed E-state index contributed by atoms with van der Waals surface area (Å²) in [6.07, 6.45) is 0.0688. The second kappa shape index (κ2) is 3.84. The van der Waals surface area contributed by atoms with Crippen molar-refractivity contribution in [3.05, 3.63) is 34.4 Å². The molecule has 5 nitrogen and oxygen atoms in total. The van der Waals surface area contributed by atoms with Crippen molar-refractivity contribution in [2.45, 2.75) is 20.0 Å². The summed E-state index contributed by atoms with van der Waals surface area (Å²) in [5, 5.41) is 11.2. The molecule has 16 heavy (non-hydrogen) atoms. The largest absolute Gasteiger partial charge is 0.491 e. The normalized spacial score (nSPS) is 10.9. The van der Waals surface area contributed by atoms with Crippen molar-refractivity contribution < 1.29 is 14.1 Å². The van der Waals surface area contributed by atoms with Gasteiger partial charge in [0, 0.05) is 5.39 Å². The van der Waals surface area contributed by atoms with E-state index in [0.29, 0.717) is 16.7 Å². The summed E-state index contributed by atoms with van der Waals surface area (Å²) in [5.74, 6) is 0.426. The number of furan rings is 1. The second-order valence-electron chi connectivity index (χ2n) is 3.71. The van der Waals surface area contributed by atoms with E-state index in [1.54, 1.807) is 18.2 Å². The second-order valence-corrected chi connectivity index (χ2v) is 3.71. The van der Waals surface area contributed by atoms with Crippen molar-refractivity contribution in [2.24, 2.45) is 0 Å². The number of nitrogens with zero attached hydrogens (tertiary/aromatic N) is 1. The summed E-state index contributed by atoms with van der Waals surface area (Å²) in [4.78, 5) is 9.96. The van der Waals surface area contributed by atoms with Crippen LogP contribution in [0, 0.1) is 10.1 Å². The van der Waals surface area contributed by atoms with Crippen LogP contribution in [0.1, 0.15) is 13.8 Å². The van der Waals surface area contributed by atoms with Gasteiger partial charge in [-0.05, 0) is 32.0 Å². The van der Waals surface area contributed by atoms with Gasteiger partial charge in [0.05, 0.1) is 12.2 Å². The average Bonchev–Trinajstić information content (AvgIpc) is 2.59. The first-order valence-corrected chi connectivity index (χ1v) is 4.91. The molecule has 0 radical (unpaired) electrons. The third-order valence-corrected chi connectivity index (χ3v) is 2.03. The van der Waals surface area contributed by atoms with Gasteiger partial charge in [-0.2, -0.15) is 0 Å². The van der Waals surface area contributed by atoms with Crippen LogP contribution in [0.3, 0.4) is 0 Å². The number of ether oxygens (including phenoxy) is 1. The van der Waals surface area contributed by atoms with E-state index in [-0.39, 0.29) is 12.0 Å². The molecule has 1 heterocycles. The summed E-state index contributed by atoms with van der Waals surface area (Å²) >= 11 is 0. The summed E-state index contributed by atoms with van der Waals surface area (Å²) < 4.78 is 10.5. The van der Waals surface area contributed by atoms with Gasteiger partial charge < -0.3 is 9.15 Å². The Morgan fingerprint density at radius 2 is 2.12 bits per heavy atom. The summed E-state index contributed by atoms with van der Waals surface area (Å²) in [6, 6.07) is 6.52. The average molecular weight is 221 g/mol. The van der Waals surface area contributed by atoms with Gasteiger partial charge >= 0.3 is 5.88 Å². The van der Waals surface area contributed by atoms with E-state index in [0.717, 1.165) is 0 Å². The van der Waals surface area contributed by atoms with Crippen molar-refractivity contribution >= 4 is 16.9 Å². The first-order valence-electron chi connectivity index (χ1n) is 4.91. The predicted octanol–water partition coefficient (Wildman–Crippen LogP) is 3.13. The van der Waals surface area contributed by atoms with Crippen LogP contribution in [0.5, 0.6) is 5.75 Å². The van der Waals surface area contributed by atoms with Crippen LogP contribution >= 0.6 is 0 Å². The van der Waals surface area contributed by atoms with Gasteiger partial charge in [0.2, 0.25) is 0 Å². The van der Waals surface area contributed by atoms with E-state index in [1.165, 1.54) is 6.07 Å². The van der Waals surface area contributed by atoms with Crippen molar-refractivity contribution in [1.29, 1.82) is 0 Å². The van der Waals surface area contributed by atoms with Gasteiger partial charge in [0.15, 0.2) is 0 Å². The van der Waals surface area contributed by atoms with E-state index in [2.05, 4.69) is 0 Å². The van der Waals surface area contributed by atoms with Crippen molar-refractivity contribution in [3.63, 3.8) is 0 Å². The van der Waals surface area contributed by atoms with Crippen LogP contribution in [0.4, 0.5) is 5.88 Å². The fourth-order valence-electron chi connectivity index (χ4n) is 1.44. The minimum absolute atomic E-state index is 0.0688. The molecule has 0 bridgehead atoms. The highest BCUT2D eigenvalue weighted by molar-refractivity contribution is 5.81. The smallest absolute Gasteiger partial charge is 0.434 e. The quantitative estimate of drug-likeness (QED) is 0.590. The minimum Gasteiger partial charge on any atom is -0.491 e. The fourth-order valence-corrected chi connectivity index (χ4v) is 1.44. The van der Waals surface area contributed by atoms with E-state index >= 15 is 0 Å². The molecule has 0 saturated heterocycles. The van der Waals surface area contributed by atoms with E-state index in [9.17, 15) is 10.1 Å². The Morgan fingerprint density at radius 1 is 1.38 bits per heavy atom. The SMILES string of the molecule is CC(C)Oc1ccc2oc([N+](=O)[O-])cc2c1.